The SMILES string of the molecule is CCC(c1nc(-c2ccc(Br)cc2)nc2ccc(Cl)cc12)N1CCCCC1C. The van der Waals surface area contributed by atoms with Crippen molar-refractivity contribution >= 4 is 38.4 Å². The average molecular weight is 459 g/mol. The number of piperidine rings is 1. The van der Waals surface area contributed by atoms with Crippen LogP contribution in [0.15, 0.2) is 46.9 Å². The molecule has 2 atom stereocenters. The minimum atomic E-state index is 0.272. The van der Waals surface area contributed by atoms with Gasteiger partial charge in [-0.15, -0.1) is 0 Å². The van der Waals surface area contributed by atoms with Crippen LogP contribution in [-0.4, -0.2) is 27.5 Å². The Balaban J connectivity index is 1.88. The zero-order valence-electron chi connectivity index (χ0n) is 16.3. The quantitative estimate of drug-likeness (QED) is 0.420. The summed E-state index contributed by atoms with van der Waals surface area (Å²) in [6.07, 6.45) is 4.83. The first-order valence-corrected chi connectivity index (χ1v) is 11.2. The molecule has 0 radical (unpaired) electrons. The van der Waals surface area contributed by atoms with Gasteiger partial charge in [-0.3, -0.25) is 4.90 Å². The van der Waals surface area contributed by atoms with Crippen LogP contribution in [0.25, 0.3) is 22.3 Å². The van der Waals surface area contributed by atoms with Gasteiger partial charge in [0.05, 0.1) is 17.3 Å². The first-order valence-electron chi connectivity index (χ1n) is 10.1. The molecule has 0 aliphatic carbocycles. The normalized spacial score (nSPS) is 19.1. The largest absolute Gasteiger partial charge is 0.292 e. The van der Waals surface area contributed by atoms with E-state index in [4.69, 9.17) is 21.6 Å². The van der Waals surface area contributed by atoms with Crippen molar-refractivity contribution in [1.82, 2.24) is 14.9 Å². The Morgan fingerprint density at radius 2 is 1.93 bits per heavy atom. The van der Waals surface area contributed by atoms with Gasteiger partial charge in [0.25, 0.3) is 0 Å². The molecule has 0 spiro atoms. The number of rotatable bonds is 4. The van der Waals surface area contributed by atoms with Gasteiger partial charge in [0.15, 0.2) is 5.82 Å². The Labute approximate surface area is 180 Å². The molecule has 2 aromatic carbocycles. The Hall–Kier alpha value is -1.49. The fraction of sp³-hybridized carbons (Fsp3) is 0.391. The monoisotopic (exact) mass is 457 g/mol. The number of hydrogen-bond acceptors (Lipinski definition) is 3. The van der Waals surface area contributed by atoms with E-state index in [9.17, 15) is 0 Å². The van der Waals surface area contributed by atoms with Crippen LogP contribution in [0.4, 0.5) is 0 Å². The van der Waals surface area contributed by atoms with Crippen LogP contribution in [0.1, 0.15) is 51.3 Å². The average Bonchev–Trinajstić information content (AvgIpc) is 2.70. The van der Waals surface area contributed by atoms with Gasteiger partial charge in [0.2, 0.25) is 0 Å². The van der Waals surface area contributed by atoms with E-state index in [1.165, 1.54) is 19.3 Å². The third kappa shape index (κ3) is 3.96. The van der Waals surface area contributed by atoms with Gasteiger partial charge in [-0.25, -0.2) is 9.97 Å². The molecule has 2 unspecified atom stereocenters. The highest BCUT2D eigenvalue weighted by atomic mass is 79.9. The van der Waals surface area contributed by atoms with Crippen LogP contribution in [0, 0.1) is 0 Å². The van der Waals surface area contributed by atoms with Gasteiger partial charge >= 0.3 is 0 Å². The fourth-order valence-corrected chi connectivity index (χ4v) is 4.71. The number of hydrogen-bond donors (Lipinski definition) is 0. The third-order valence-corrected chi connectivity index (χ3v) is 6.51. The Bertz CT molecular complexity index is 973. The summed E-state index contributed by atoms with van der Waals surface area (Å²) in [6.45, 7) is 5.72. The van der Waals surface area contributed by atoms with E-state index in [1.54, 1.807) is 0 Å². The van der Waals surface area contributed by atoms with E-state index in [2.05, 4.69) is 46.8 Å². The molecule has 2 heterocycles. The highest BCUT2D eigenvalue weighted by molar-refractivity contribution is 9.10. The topological polar surface area (TPSA) is 29.0 Å². The summed E-state index contributed by atoms with van der Waals surface area (Å²) in [5.41, 5.74) is 3.08. The van der Waals surface area contributed by atoms with Crippen molar-refractivity contribution in [3.8, 4) is 11.4 Å². The first kappa shape index (κ1) is 19.8. The molecular weight excluding hydrogens is 434 g/mol. The molecule has 1 saturated heterocycles. The second-order valence-electron chi connectivity index (χ2n) is 7.61. The van der Waals surface area contributed by atoms with Crippen molar-refractivity contribution in [2.24, 2.45) is 0 Å². The molecular formula is C23H25BrClN3. The van der Waals surface area contributed by atoms with Crippen LogP contribution in [0.3, 0.4) is 0 Å². The van der Waals surface area contributed by atoms with Gasteiger partial charge in [-0.05, 0) is 63.1 Å². The lowest BCUT2D eigenvalue weighted by molar-refractivity contribution is 0.101. The van der Waals surface area contributed by atoms with Gasteiger partial charge in [-0.1, -0.05) is 53.0 Å². The van der Waals surface area contributed by atoms with E-state index in [1.807, 2.05) is 30.3 Å². The molecule has 0 saturated carbocycles. The van der Waals surface area contributed by atoms with Crippen LogP contribution < -0.4 is 0 Å². The number of halogens is 2. The molecule has 3 aromatic rings. The van der Waals surface area contributed by atoms with Crippen LogP contribution >= 0.6 is 27.5 Å². The number of nitrogens with zero attached hydrogens (tertiary/aromatic N) is 3. The van der Waals surface area contributed by atoms with Crippen LogP contribution in [0.2, 0.25) is 5.02 Å². The minimum absolute atomic E-state index is 0.272. The summed E-state index contributed by atoms with van der Waals surface area (Å²) in [6, 6.07) is 15.0. The molecule has 4 rings (SSSR count). The molecule has 3 nitrogen and oxygen atoms in total. The maximum Gasteiger partial charge on any atom is 0.160 e. The van der Waals surface area contributed by atoms with Gasteiger partial charge in [0, 0.05) is 26.5 Å². The Morgan fingerprint density at radius 1 is 1.14 bits per heavy atom. The minimum Gasteiger partial charge on any atom is -0.292 e. The standard InChI is InChI=1S/C23H25BrClN3/c1-3-21(28-13-5-4-6-15(28)2)22-19-14-18(25)11-12-20(19)26-23(27-22)16-7-9-17(24)10-8-16/h7-12,14-15,21H,3-6,13H2,1-2H3. The summed E-state index contributed by atoms with van der Waals surface area (Å²) in [5.74, 6) is 0.778. The van der Waals surface area contributed by atoms with Crippen molar-refractivity contribution in [1.29, 1.82) is 0 Å². The molecule has 1 fully saturated rings. The molecule has 28 heavy (non-hydrogen) atoms. The van der Waals surface area contributed by atoms with Crippen molar-refractivity contribution in [2.75, 3.05) is 6.54 Å². The molecule has 1 aromatic heterocycles. The molecule has 0 amide bonds. The summed E-state index contributed by atoms with van der Waals surface area (Å²) < 4.78 is 1.05. The van der Waals surface area contributed by atoms with Gasteiger partial charge in [-0.2, -0.15) is 0 Å². The summed E-state index contributed by atoms with van der Waals surface area (Å²) >= 11 is 9.86. The molecule has 146 valence electrons. The lowest BCUT2D eigenvalue weighted by atomic mass is 9.96. The van der Waals surface area contributed by atoms with Crippen molar-refractivity contribution in [2.45, 2.75) is 51.6 Å². The summed E-state index contributed by atoms with van der Waals surface area (Å²) in [4.78, 5) is 12.6. The van der Waals surface area contributed by atoms with E-state index < -0.39 is 0 Å². The van der Waals surface area contributed by atoms with Gasteiger partial charge in [0.1, 0.15) is 0 Å². The zero-order chi connectivity index (χ0) is 19.7. The number of aromatic nitrogens is 2. The maximum atomic E-state index is 6.35. The zero-order valence-corrected chi connectivity index (χ0v) is 18.7. The number of fused-ring (bicyclic) bond motifs is 1. The molecule has 0 N–H and O–H groups in total. The second-order valence-corrected chi connectivity index (χ2v) is 8.96. The van der Waals surface area contributed by atoms with Crippen molar-refractivity contribution in [3.05, 3.63) is 57.7 Å². The van der Waals surface area contributed by atoms with E-state index in [0.717, 1.165) is 50.4 Å². The fourth-order valence-electron chi connectivity index (χ4n) is 4.27. The van der Waals surface area contributed by atoms with Gasteiger partial charge < -0.3 is 0 Å². The highest BCUT2D eigenvalue weighted by Gasteiger charge is 2.29. The predicted octanol–water partition coefficient (Wildman–Crippen LogP) is 7.04. The molecule has 1 aliphatic heterocycles. The summed E-state index contributed by atoms with van der Waals surface area (Å²) in [5, 5.41) is 1.80. The third-order valence-electron chi connectivity index (χ3n) is 5.75. The summed E-state index contributed by atoms with van der Waals surface area (Å²) in [7, 11) is 0. The lowest BCUT2D eigenvalue weighted by Gasteiger charge is -2.39. The maximum absolute atomic E-state index is 6.35. The Morgan fingerprint density at radius 3 is 2.64 bits per heavy atom. The number of benzene rings is 2. The number of likely N-dealkylation sites (tertiary alicyclic amines) is 1. The van der Waals surface area contributed by atoms with E-state index in [0.29, 0.717) is 6.04 Å². The van der Waals surface area contributed by atoms with E-state index in [-0.39, 0.29) is 6.04 Å². The molecule has 1 aliphatic rings. The smallest absolute Gasteiger partial charge is 0.160 e. The molecule has 5 heteroatoms. The first-order chi connectivity index (χ1) is 13.6. The second kappa shape index (κ2) is 8.48. The van der Waals surface area contributed by atoms with Crippen LogP contribution in [-0.2, 0) is 0 Å². The molecule has 0 bridgehead atoms. The predicted molar refractivity (Wildman–Crippen MR) is 121 cm³/mol. The Kier molecular flexibility index (Phi) is 6.00. The van der Waals surface area contributed by atoms with Crippen LogP contribution in [0.5, 0.6) is 0 Å². The van der Waals surface area contributed by atoms with Crippen molar-refractivity contribution < 1.29 is 0 Å². The van der Waals surface area contributed by atoms with Crippen molar-refractivity contribution in [3.63, 3.8) is 0 Å². The highest BCUT2D eigenvalue weighted by Crippen LogP contribution is 2.35. The lowest BCUT2D eigenvalue weighted by Crippen LogP contribution is -2.40. The van der Waals surface area contributed by atoms with E-state index >= 15 is 0 Å².